The molecule has 0 aliphatic carbocycles. The topological polar surface area (TPSA) is 45.1 Å². The predicted molar refractivity (Wildman–Crippen MR) is 65.6 cm³/mol. The van der Waals surface area contributed by atoms with Crippen LogP contribution in [0.4, 0.5) is 13.2 Å². The quantitative estimate of drug-likeness (QED) is 0.900. The maximum atomic E-state index is 12.8. The number of aliphatic hydroxyl groups is 1. The summed E-state index contributed by atoms with van der Waals surface area (Å²) in [5.74, 6) is 0. The van der Waals surface area contributed by atoms with Crippen molar-refractivity contribution in [1.29, 1.82) is 0 Å². The summed E-state index contributed by atoms with van der Waals surface area (Å²) in [5.41, 5.74) is -0.206. The second-order valence-corrected chi connectivity index (χ2v) is 4.24. The lowest BCUT2D eigenvalue weighted by atomic mass is 10.0. The van der Waals surface area contributed by atoms with Crippen LogP contribution in [0.2, 0.25) is 0 Å². The van der Waals surface area contributed by atoms with E-state index in [1.807, 2.05) is 0 Å². The summed E-state index contributed by atoms with van der Waals surface area (Å²) in [5, 5.41) is 13.1. The van der Waals surface area contributed by atoms with Gasteiger partial charge in [-0.3, -0.25) is 4.98 Å². The van der Waals surface area contributed by atoms with Crippen molar-refractivity contribution in [2.45, 2.75) is 12.3 Å². The molecule has 1 aromatic carbocycles. The third-order valence-electron chi connectivity index (χ3n) is 2.87. The Hall–Kier alpha value is -1.66. The van der Waals surface area contributed by atoms with Gasteiger partial charge < -0.3 is 10.4 Å². The van der Waals surface area contributed by atoms with E-state index in [2.05, 4.69) is 10.3 Å². The summed E-state index contributed by atoms with van der Waals surface area (Å²) >= 11 is 0. The highest BCUT2D eigenvalue weighted by molar-refractivity contribution is 5.85. The van der Waals surface area contributed by atoms with Gasteiger partial charge in [0.1, 0.15) is 0 Å². The van der Waals surface area contributed by atoms with E-state index in [1.54, 1.807) is 7.05 Å². The van der Waals surface area contributed by atoms with Gasteiger partial charge in [0.05, 0.1) is 11.7 Å². The van der Waals surface area contributed by atoms with Crippen LogP contribution in [0.3, 0.4) is 0 Å². The molecule has 0 saturated carbocycles. The van der Waals surface area contributed by atoms with Crippen molar-refractivity contribution in [3.63, 3.8) is 0 Å². The van der Waals surface area contributed by atoms with E-state index < -0.39 is 17.8 Å². The Morgan fingerprint density at radius 1 is 1.32 bits per heavy atom. The zero-order chi connectivity index (χ0) is 14.0. The SMILES string of the molecule is CNCC(O)c1ccc2c(C(F)(F)F)cncc2c1. The first-order valence-corrected chi connectivity index (χ1v) is 5.71. The minimum absolute atomic E-state index is 0.0860. The van der Waals surface area contributed by atoms with Gasteiger partial charge in [-0.05, 0) is 24.1 Å². The molecule has 2 aromatic rings. The second kappa shape index (κ2) is 5.14. The Balaban J connectivity index is 2.51. The van der Waals surface area contributed by atoms with Gasteiger partial charge in [-0.15, -0.1) is 0 Å². The van der Waals surface area contributed by atoms with Gasteiger partial charge in [0, 0.05) is 24.3 Å². The van der Waals surface area contributed by atoms with Crippen LogP contribution in [0, 0.1) is 0 Å². The van der Waals surface area contributed by atoms with E-state index in [1.165, 1.54) is 24.4 Å². The van der Waals surface area contributed by atoms with Gasteiger partial charge in [0.25, 0.3) is 0 Å². The molecule has 0 saturated heterocycles. The van der Waals surface area contributed by atoms with Crippen LogP contribution in [-0.4, -0.2) is 23.7 Å². The highest BCUT2D eigenvalue weighted by atomic mass is 19.4. The number of hydrogen-bond acceptors (Lipinski definition) is 3. The maximum absolute atomic E-state index is 12.8. The largest absolute Gasteiger partial charge is 0.418 e. The Morgan fingerprint density at radius 2 is 2.05 bits per heavy atom. The number of likely N-dealkylation sites (N-methyl/N-ethyl adjacent to an activating group) is 1. The summed E-state index contributed by atoms with van der Waals surface area (Å²) in [6.45, 7) is 0.331. The molecule has 102 valence electrons. The summed E-state index contributed by atoms with van der Waals surface area (Å²) in [4.78, 5) is 3.61. The highest BCUT2D eigenvalue weighted by Crippen LogP contribution is 2.34. The number of nitrogens with zero attached hydrogens (tertiary/aromatic N) is 1. The Bertz CT molecular complexity index is 584. The predicted octanol–water partition coefficient (Wildman–Crippen LogP) is 2.51. The first-order valence-electron chi connectivity index (χ1n) is 5.71. The lowest BCUT2D eigenvalue weighted by Crippen LogP contribution is -2.16. The third kappa shape index (κ3) is 2.85. The van der Waals surface area contributed by atoms with Gasteiger partial charge in [-0.1, -0.05) is 12.1 Å². The molecule has 3 nitrogen and oxygen atoms in total. The number of aromatic nitrogens is 1. The van der Waals surface area contributed by atoms with Crippen molar-refractivity contribution >= 4 is 10.8 Å². The summed E-state index contributed by atoms with van der Waals surface area (Å²) in [7, 11) is 1.69. The highest BCUT2D eigenvalue weighted by Gasteiger charge is 2.32. The number of fused-ring (bicyclic) bond motifs is 1. The number of nitrogens with one attached hydrogen (secondary N) is 1. The molecule has 6 heteroatoms. The molecule has 1 heterocycles. The van der Waals surface area contributed by atoms with Crippen LogP contribution in [0.5, 0.6) is 0 Å². The van der Waals surface area contributed by atoms with Crippen molar-refractivity contribution in [1.82, 2.24) is 10.3 Å². The van der Waals surface area contributed by atoms with E-state index in [0.29, 0.717) is 17.5 Å². The van der Waals surface area contributed by atoms with Crippen LogP contribution >= 0.6 is 0 Å². The fourth-order valence-electron chi connectivity index (χ4n) is 1.94. The molecule has 0 spiro atoms. The van der Waals surface area contributed by atoms with Gasteiger partial charge in [0.15, 0.2) is 0 Å². The molecule has 1 unspecified atom stereocenters. The standard InChI is InChI=1S/C13H13F3N2O/c1-17-7-12(19)8-2-3-10-9(4-8)5-18-6-11(10)13(14,15)16/h2-6,12,17,19H,7H2,1H3. The number of rotatable bonds is 3. The first kappa shape index (κ1) is 13.8. The Kier molecular flexibility index (Phi) is 3.73. The van der Waals surface area contributed by atoms with Crippen molar-refractivity contribution in [2.24, 2.45) is 0 Å². The fourth-order valence-corrected chi connectivity index (χ4v) is 1.94. The van der Waals surface area contributed by atoms with Gasteiger partial charge in [0.2, 0.25) is 0 Å². The lowest BCUT2D eigenvalue weighted by molar-refractivity contribution is -0.136. The maximum Gasteiger partial charge on any atom is 0.418 e. The monoisotopic (exact) mass is 270 g/mol. The number of halogens is 3. The van der Waals surface area contributed by atoms with Gasteiger partial charge in [-0.2, -0.15) is 13.2 Å². The van der Waals surface area contributed by atoms with E-state index >= 15 is 0 Å². The second-order valence-electron chi connectivity index (χ2n) is 4.24. The average Bonchev–Trinajstić information content (AvgIpc) is 2.36. The molecule has 2 rings (SSSR count). The summed E-state index contributed by atoms with van der Waals surface area (Å²) < 4.78 is 38.4. The Morgan fingerprint density at radius 3 is 2.68 bits per heavy atom. The number of aliphatic hydroxyl groups excluding tert-OH is 1. The molecule has 0 fully saturated rings. The molecule has 0 bridgehead atoms. The van der Waals surface area contributed by atoms with E-state index in [9.17, 15) is 18.3 Å². The molecule has 0 aliphatic heterocycles. The van der Waals surface area contributed by atoms with Crippen molar-refractivity contribution in [3.05, 3.63) is 41.7 Å². The summed E-state index contributed by atoms with van der Waals surface area (Å²) in [6, 6.07) is 4.40. The van der Waals surface area contributed by atoms with Crippen molar-refractivity contribution < 1.29 is 18.3 Å². The minimum atomic E-state index is -4.43. The fraction of sp³-hybridized carbons (Fsp3) is 0.308. The number of pyridine rings is 1. The molecule has 1 atom stereocenters. The van der Waals surface area contributed by atoms with Crippen LogP contribution in [0.15, 0.2) is 30.6 Å². The number of benzene rings is 1. The molecular weight excluding hydrogens is 257 g/mol. The molecular formula is C13H13F3N2O. The van der Waals surface area contributed by atoms with Crippen LogP contribution < -0.4 is 5.32 Å². The lowest BCUT2D eigenvalue weighted by Gasteiger charge is -2.13. The van der Waals surface area contributed by atoms with Crippen LogP contribution in [-0.2, 0) is 6.18 Å². The molecule has 19 heavy (non-hydrogen) atoms. The van der Waals surface area contributed by atoms with E-state index in [4.69, 9.17) is 0 Å². The van der Waals surface area contributed by atoms with Gasteiger partial charge >= 0.3 is 6.18 Å². The van der Waals surface area contributed by atoms with Crippen molar-refractivity contribution in [2.75, 3.05) is 13.6 Å². The molecule has 0 aliphatic rings. The van der Waals surface area contributed by atoms with Crippen LogP contribution in [0.1, 0.15) is 17.2 Å². The minimum Gasteiger partial charge on any atom is -0.387 e. The molecule has 0 amide bonds. The molecule has 0 radical (unpaired) electrons. The van der Waals surface area contributed by atoms with E-state index in [0.717, 1.165) is 6.20 Å². The smallest absolute Gasteiger partial charge is 0.387 e. The number of hydrogen-bond donors (Lipinski definition) is 2. The zero-order valence-electron chi connectivity index (χ0n) is 10.2. The van der Waals surface area contributed by atoms with Crippen LogP contribution in [0.25, 0.3) is 10.8 Å². The zero-order valence-corrected chi connectivity index (χ0v) is 10.2. The summed E-state index contributed by atoms with van der Waals surface area (Å²) in [6.07, 6.45) is -3.02. The van der Waals surface area contributed by atoms with E-state index in [-0.39, 0.29) is 5.39 Å². The van der Waals surface area contributed by atoms with Gasteiger partial charge in [-0.25, -0.2) is 0 Å². The normalized spacial score (nSPS) is 13.7. The molecule has 2 N–H and O–H groups in total. The average molecular weight is 270 g/mol. The third-order valence-corrected chi connectivity index (χ3v) is 2.87. The molecule has 1 aromatic heterocycles. The number of alkyl halides is 3. The Labute approximate surface area is 108 Å². The van der Waals surface area contributed by atoms with Crippen molar-refractivity contribution in [3.8, 4) is 0 Å². The first-order chi connectivity index (χ1) is 8.93.